The Morgan fingerprint density at radius 2 is 1.94 bits per heavy atom. The zero-order chi connectivity index (χ0) is 11.0. The van der Waals surface area contributed by atoms with E-state index in [4.69, 9.17) is 6.92 Å². The first-order chi connectivity index (χ1) is 7.84. The van der Waals surface area contributed by atoms with Gasteiger partial charge in [0.25, 0.3) is 0 Å². The lowest BCUT2D eigenvalue weighted by molar-refractivity contribution is 0.865. The smallest absolute Gasteiger partial charge is 0.0655 e. The van der Waals surface area contributed by atoms with E-state index in [9.17, 15) is 0 Å². The second kappa shape index (κ2) is 3.45. The molecule has 0 amide bonds. The number of benzene rings is 1. The maximum atomic E-state index is 5.80. The van der Waals surface area contributed by atoms with Crippen LogP contribution in [0.15, 0.2) is 48.9 Å². The van der Waals surface area contributed by atoms with Gasteiger partial charge in [-0.15, -0.1) is 0 Å². The molecule has 2 radical (unpaired) electrons. The Bertz CT molecular complexity index is 640. The molecule has 0 aliphatic heterocycles. The topological polar surface area (TPSA) is 30.7 Å². The highest BCUT2D eigenvalue weighted by atomic mass is 15.3. The van der Waals surface area contributed by atoms with Crippen LogP contribution >= 0.6 is 0 Å². The number of fused-ring (bicyclic) bond motifs is 1. The van der Waals surface area contributed by atoms with E-state index in [-0.39, 0.29) is 0 Å². The standard InChI is InChI=1S/C13H9N3/c1-10-4-7-15-16(10)13-3-2-11-5-6-14-9-12(11)8-13/h1-9H. The van der Waals surface area contributed by atoms with E-state index in [1.54, 1.807) is 23.1 Å². The Hall–Kier alpha value is -2.16. The number of hydrogen-bond acceptors (Lipinski definition) is 2. The Balaban J connectivity index is 2.23. The molecule has 0 saturated carbocycles. The van der Waals surface area contributed by atoms with Crippen molar-refractivity contribution in [2.24, 2.45) is 0 Å². The highest BCUT2D eigenvalue weighted by molar-refractivity contribution is 5.83. The van der Waals surface area contributed by atoms with Crippen molar-refractivity contribution < 1.29 is 0 Å². The Morgan fingerprint density at radius 3 is 2.75 bits per heavy atom. The van der Waals surface area contributed by atoms with Gasteiger partial charge in [-0.2, -0.15) is 5.10 Å². The van der Waals surface area contributed by atoms with Gasteiger partial charge >= 0.3 is 0 Å². The second-order valence-electron chi connectivity index (χ2n) is 3.58. The lowest BCUT2D eigenvalue weighted by Crippen LogP contribution is -1.97. The van der Waals surface area contributed by atoms with Gasteiger partial charge in [-0.3, -0.25) is 4.98 Å². The van der Waals surface area contributed by atoms with Gasteiger partial charge in [-0.25, -0.2) is 4.68 Å². The van der Waals surface area contributed by atoms with Crippen molar-refractivity contribution in [3.63, 3.8) is 0 Å². The summed E-state index contributed by atoms with van der Waals surface area (Å²) in [5.74, 6) is 0. The molecule has 0 spiro atoms. The van der Waals surface area contributed by atoms with Crippen molar-refractivity contribution in [3.05, 3.63) is 61.5 Å². The number of pyridine rings is 1. The van der Waals surface area contributed by atoms with Gasteiger partial charge in [0.05, 0.1) is 5.69 Å². The molecule has 3 heteroatoms. The average Bonchev–Trinajstić information content (AvgIpc) is 2.75. The highest BCUT2D eigenvalue weighted by Gasteiger charge is 2.01. The lowest BCUT2D eigenvalue weighted by Gasteiger charge is -2.05. The van der Waals surface area contributed by atoms with Gasteiger partial charge in [0.2, 0.25) is 0 Å². The molecule has 0 atom stereocenters. The highest BCUT2D eigenvalue weighted by Crippen LogP contribution is 2.17. The lowest BCUT2D eigenvalue weighted by atomic mass is 10.1. The SMILES string of the molecule is [CH]c1ccnn1-c1ccc2ccncc2c1. The first-order valence-corrected chi connectivity index (χ1v) is 4.98. The van der Waals surface area contributed by atoms with Crippen LogP contribution in [0.2, 0.25) is 0 Å². The fraction of sp³-hybridized carbons (Fsp3) is 0. The molecule has 2 heterocycles. The average molecular weight is 207 g/mol. The molecule has 0 aliphatic rings. The summed E-state index contributed by atoms with van der Waals surface area (Å²) in [6.45, 7) is 5.80. The van der Waals surface area contributed by atoms with E-state index < -0.39 is 0 Å². The van der Waals surface area contributed by atoms with Crippen LogP contribution < -0.4 is 0 Å². The molecule has 2 aromatic heterocycles. The zero-order valence-corrected chi connectivity index (χ0v) is 8.54. The van der Waals surface area contributed by atoms with Crippen molar-refractivity contribution in [2.75, 3.05) is 0 Å². The molecule has 16 heavy (non-hydrogen) atoms. The van der Waals surface area contributed by atoms with Crippen LogP contribution in [0.4, 0.5) is 0 Å². The summed E-state index contributed by atoms with van der Waals surface area (Å²) in [6, 6.07) is 9.80. The van der Waals surface area contributed by atoms with Gasteiger partial charge in [0.15, 0.2) is 0 Å². The van der Waals surface area contributed by atoms with Crippen molar-refractivity contribution in [1.82, 2.24) is 14.8 Å². The predicted molar refractivity (Wildman–Crippen MR) is 62.3 cm³/mol. The van der Waals surface area contributed by atoms with Gasteiger partial charge in [-0.1, -0.05) is 6.07 Å². The monoisotopic (exact) mass is 207 g/mol. The van der Waals surface area contributed by atoms with Crippen LogP contribution in [-0.4, -0.2) is 14.8 Å². The third-order valence-corrected chi connectivity index (χ3v) is 2.54. The van der Waals surface area contributed by atoms with Crippen molar-refractivity contribution in [2.45, 2.75) is 0 Å². The largest absolute Gasteiger partial charge is 0.264 e. The minimum absolute atomic E-state index is 0.628. The van der Waals surface area contributed by atoms with Crippen LogP contribution in [-0.2, 0) is 0 Å². The second-order valence-corrected chi connectivity index (χ2v) is 3.58. The molecule has 0 bridgehead atoms. The van der Waals surface area contributed by atoms with Gasteiger partial charge in [-0.05, 0) is 29.7 Å². The quantitative estimate of drug-likeness (QED) is 0.613. The minimum atomic E-state index is 0.628. The van der Waals surface area contributed by atoms with E-state index >= 15 is 0 Å². The Morgan fingerprint density at radius 1 is 1.00 bits per heavy atom. The zero-order valence-electron chi connectivity index (χ0n) is 8.54. The van der Waals surface area contributed by atoms with Gasteiger partial charge < -0.3 is 0 Å². The van der Waals surface area contributed by atoms with Crippen LogP contribution in [0, 0.1) is 6.92 Å². The summed E-state index contributed by atoms with van der Waals surface area (Å²) in [4.78, 5) is 4.10. The molecule has 0 saturated heterocycles. The van der Waals surface area contributed by atoms with Gasteiger partial charge in [0.1, 0.15) is 0 Å². The number of aromatic nitrogens is 3. The normalized spacial score (nSPS) is 10.8. The van der Waals surface area contributed by atoms with E-state index in [1.165, 1.54) is 0 Å². The summed E-state index contributed by atoms with van der Waals surface area (Å²) in [5.41, 5.74) is 1.58. The molecule has 0 unspecified atom stereocenters. The van der Waals surface area contributed by atoms with Crippen molar-refractivity contribution >= 4 is 10.8 Å². The summed E-state index contributed by atoms with van der Waals surface area (Å²) in [5, 5.41) is 6.40. The molecular formula is C13H9N3. The van der Waals surface area contributed by atoms with Crippen LogP contribution in [0.3, 0.4) is 0 Å². The molecule has 0 N–H and O–H groups in total. The van der Waals surface area contributed by atoms with Crippen LogP contribution in [0.25, 0.3) is 16.5 Å². The number of rotatable bonds is 1. The summed E-state index contributed by atoms with van der Waals surface area (Å²) in [6.07, 6.45) is 5.30. The molecule has 1 aromatic carbocycles. The molecule has 3 rings (SSSR count). The molecule has 3 nitrogen and oxygen atoms in total. The molecule has 76 valence electrons. The Labute approximate surface area is 93.4 Å². The van der Waals surface area contributed by atoms with Crippen LogP contribution in [0.5, 0.6) is 0 Å². The van der Waals surface area contributed by atoms with E-state index in [2.05, 4.69) is 10.1 Å². The summed E-state index contributed by atoms with van der Waals surface area (Å²) in [7, 11) is 0. The molecule has 0 aliphatic carbocycles. The maximum absolute atomic E-state index is 5.80. The fourth-order valence-electron chi connectivity index (χ4n) is 1.73. The first kappa shape index (κ1) is 9.09. The van der Waals surface area contributed by atoms with Crippen molar-refractivity contribution in [3.8, 4) is 5.69 Å². The predicted octanol–water partition coefficient (Wildman–Crippen LogP) is 2.48. The van der Waals surface area contributed by atoms with E-state index in [1.807, 2.05) is 30.5 Å². The summed E-state index contributed by atoms with van der Waals surface area (Å²) >= 11 is 0. The Kier molecular flexibility index (Phi) is 1.96. The number of hydrogen-bond donors (Lipinski definition) is 0. The van der Waals surface area contributed by atoms with E-state index in [0.717, 1.165) is 16.5 Å². The fourth-order valence-corrected chi connectivity index (χ4v) is 1.73. The molecule has 0 fully saturated rings. The molecule has 3 aromatic rings. The first-order valence-electron chi connectivity index (χ1n) is 4.98. The third kappa shape index (κ3) is 1.37. The maximum Gasteiger partial charge on any atom is 0.0655 e. The van der Waals surface area contributed by atoms with E-state index in [0.29, 0.717) is 5.69 Å². The van der Waals surface area contributed by atoms with Gasteiger partial charge in [0, 0.05) is 36.6 Å². The van der Waals surface area contributed by atoms with Crippen molar-refractivity contribution in [1.29, 1.82) is 0 Å². The third-order valence-electron chi connectivity index (χ3n) is 2.54. The summed E-state index contributed by atoms with van der Waals surface area (Å²) < 4.78 is 1.70. The van der Waals surface area contributed by atoms with Crippen LogP contribution in [0.1, 0.15) is 5.69 Å². The molecular weight excluding hydrogens is 198 g/mol. The number of nitrogens with zero attached hydrogens (tertiary/aromatic N) is 3. The minimum Gasteiger partial charge on any atom is -0.264 e.